The van der Waals surface area contributed by atoms with Crippen LogP contribution in [0.5, 0.6) is 0 Å². The normalized spacial score (nSPS) is 11.2. The second-order valence-electron chi connectivity index (χ2n) is 2.28. The van der Waals surface area contributed by atoms with Gasteiger partial charge in [0, 0.05) is 11.6 Å². The van der Waals surface area contributed by atoms with Crippen LogP contribution in [0.15, 0.2) is 16.6 Å². The van der Waals surface area contributed by atoms with Crippen molar-refractivity contribution in [2.45, 2.75) is 11.6 Å². The number of rotatable bonds is 2. The first kappa shape index (κ1) is 8.10. The van der Waals surface area contributed by atoms with Crippen molar-refractivity contribution in [2.24, 2.45) is 0 Å². The zero-order valence-corrected chi connectivity index (χ0v) is 8.15. The Kier molecular flexibility index (Phi) is 2.08. The highest BCUT2D eigenvalue weighted by Gasteiger charge is 2.10. The van der Waals surface area contributed by atoms with Crippen molar-refractivity contribution in [1.82, 2.24) is 9.38 Å². The van der Waals surface area contributed by atoms with E-state index in [1.807, 2.05) is 22.2 Å². The number of hydrogen-bond acceptors (Lipinski definition) is 4. The molecular weight excluding hydrogens is 192 g/mol. The molecule has 12 heavy (non-hydrogen) atoms. The number of aliphatic hydroxyl groups excluding tert-OH is 1. The molecule has 0 saturated heterocycles. The molecule has 0 aliphatic heterocycles. The molecule has 2 rings (SSSR count). The molecule has 0 spiro atoms. The maximum absolute atomic E-state index is 8.98. The molecule has 64 valence electrons. The Morgan fingerprint density at radius 3 is 3.25 bits per heavy atom. The fourth-order valence-corrected chi connectivity index (χ4v) is 2.61. The van der Waals surface area contributed by atoms with Gasteiger partial charge in [-0.05, 0) is 6.26 Å². The van der Waals surface area contributed by atoms with Crippen molar-refractivity contribution >= 4 is 28.1 Å². The van der Waals surface area contributed by atoms with E-state index < -0.39 is 0 Å². The zero-order valence-electron chi connectivity index (χ0n) is 6.52. The Morgan fingerprint density at radius 2 is 2.58 bits per heavy atom. The predicted molar refractivity (Wildman–Crippen MR) is 50.8 cm³/mol. The van der Waals surface area contributed by atoms with Gasteiger partial charge in [0.1, 0.15) is 5.03 Å². The topological polar surface area (TPSA) is 37.5 Å². The van der Waals surface area contributed by atoms with Crippen LogP contribution >= 0.6 is 23.1 Å². The van der Waals surface area contributed by atoms with Crippen LogP contribution < -0.4 is 0 Å². The molecule has 5 heteroatoms. The highest BCUT2D eigenvalue weighted by atomic mass is 32.2. The summed E-state index contributed by atoms with van der Waals surface area (Å²) in [5.41, 5.74) is 0.773. The number of nitrogens with zero attached hydrogens (tertiary/aromatic N) is 2. The van der Waals surface area contributed by atoms with E-state index in [0.717, 1.165) is 15.7 Å². The third kappa shape index (κ3) is 1.05. The lowest BCUT2D eigenvalue weighted by Gasteiger charge is -1.94. The number of aliphatic hydroxyl groups is 1. The predicted octanol–water partition coefficient (Wildman–Crippen LogP) is 1.61. The number of thiazole rings is 1. The summed E-state index contributed by atoms with van der Waals surface area (Å²) in [6, 6.07) is 0. The molecule has 1 N–H and O–H groups in total. The van der Waals surface area contributed by atoms with Crippen LogP contribution in [0, 0.1) is 0 Å². The summed E-state index contributed by atoms with van der Waals surface area (Å²) in [5.74, 6) is 0. The summed E-state index contributed by atoms with van der Waals surface area (Å²) in [6.07, 6.45) is 3.96. The van der Waals surface area contributed by atoms with Crippen molar-refractivity contribution in [2.75, 3.05) is 6.26 Å². The highest BCUT2D eigenvalue weighted by molar-refractivity contribution is 7.98. The first-order valence-corrected chi connectivity index (χ1v) is 5.56. The summed E-state index contributed by atoms with van der Waals surface area (Å²) in [7, 11) is 0. The van der Waals surface area contributed by atoms with Gasteiger partial charge in [-0.15, -0.1) is 23.1 Å². The molecule has 0 amide bonds. The van der Waals surface area contributed by atoms with E-state index in [2.05, 4.69) is 4.98 Å². The van der Waals surface area contributed by atoms with E-state index in [0.29, 0.717) is 0 Å². The quantitative estimate of drug-likeness (QED) is 0.748. The van der Waals surface area contributed by atoms with E-state index in [1.54, 1.807) is 23.1 Å². The van der Waals surface area contributed by atoms with E-state index in [9.17, 15) is 0 Å². The minimum absolute atomic E-state index is 0.0184. The molecule has 0 bridgehead atoms. The summed E-state index contributed by atoms with van der Waals surface area (Å²) in [4.78, 5) is 5.22. The SMILES string of the molecule is CSc1c(CO)nc2sccn12. The van der Waals surface area contributed by atoms with Crippen LogP contribution in [0.2, 0.25) is 0 Å². The molecule has 0 radical (unpaired) electrons. The van der Waals surface area contributed by atoms with Gasteiger partial charge in [-0.3, -0.25) is 4.40 Å². The molecule has 2 aromatic rings. The Hall–Kier alpha value is -0.520. The maximum Gasteiger partial charge on any atom is 0.194 e. The van der Waals surface area contributed by atoms with Gasteiger partial charge in [0.15, 0.2) is 4.96 Å². The van der Waals surface area contributed by atoms with Gasteiger partial charge in [0.2, 0.25) is 0 Å². The molecule has 0 aliphatic rings. The number of aromatic nitrogens is 2. The van der Waals surface area contributed by atoms with Crippen LogP contribution in [0.1, 0.15) is 5.69 Å². The number of thioether (sulfide) groups is 1. The summed E-state index contributed by atoms with van der Waals surface area (Å²) < 4.78 is 2.00. The number of hydrogen-bond donors (Lipinski definition) is 1. The van der Waals surface area contributed by atoms with E-state index in [-0.39, 0.29) is 6.61 Å². The standard InChI is InChI=1S/C7H8N2OS2/c1-11-6-5(4-10)8-7-9(6)2-3-12-7/h2-3,10H,4H2,1H3. The van der Waals surface area contributed by atoms with Crippen molar-refractivity contribution in [3.63, 3.8) is 0 Å². The van der Waals surface area contributed by atoms with Gasteiger partial charge in [0.25, 0.3) is 0 Å². The third-order valence-corrected chi connectivity index (χ3v) is 3.20. The Morgan fingerprint density at radius 1 is 1.75 bits per heavy atom. The fourth-order valence-electron chi connectivity index (χ4n) is 1.13. The molecule has 0 aliphatic carbocycles. The minimum atomic E-state index is 0.0184. The summed E-state index contributed by atoms with van der Waals surface area (Å²) in [5, 5.41) is 12.0. The van der Waals surface area contributed by atoms with Crippen molar-refractivity contribution in [3.05, 3.63) is 17.3 Å². The minimum Gasteiger partial charge on any atom is -0.390 e. The van der Waals surface area contributed by atoms with Crippen LogP contribution in [0.4, 0.5) is 0 Å². The van der Waals surface area contributed by atoms with Gasteiger partial charge in [-0.2, -0.15) is 0 Å². The molecule has 0 saturated carbocycles. The van der Waals surface area contributed by atoms with Crippen molar-refractivity contribution < 1.29 is 5.11 Å². The average molecular weight is 200 g/mol. The lowest BCUT2D eigenvalue weighted by Crippen LogP contribution is -1.86. The van der Waals surface area contributed by atoms with Gasteiger partial charge in [-0.25, -0.2) is 4.98 Å². The number of imidazole rings is 1. The summed E-state index contributed by atoms with van der Waals surface area (Å²) in [6.45, 7) is 0.0184. The van der Waals surface area contributed by atoms with E-state index in [4.69, 9.17) is 5.11 Å². The molecule has 2 heterocycles. The molecule has 0 unspecified atom stereocenters. The Labute approximate surface area is 78.1 Å². The van der Waals surface area contributed by atoms with E-state index in [1.165, 1.54) is 0 Å². The van der Waals surface area contributed by atoms with Gasteiger partial charge < -0.3 is 5.11 Å². The maximum atomic E-state index is 8.98. The highest BCUT2D eigenvalue weighted by Crippen LogP contribution is 2.24. The molecular formula is C7H8N2OS2. The van der Waals surface area contributed by atoms with Crippen LogP contribution in [0.3, 0.4) is 0 Å². The molecule has 2 aromatic heterocycles. The second kappa shape index (κ2) is 3.08. The smallest absolute Gasteiger partial charge is 0.194 e. The van der Waals surface area contributed by atoms with Gasteiger partial charge in [-0.1, -0.05) is 0 Å². The monoisotopic (exact) mass is 200 g/mol. The molecule has 3 nitrogen and oxygen atoms in total. The van der Waals surface area contributed by atoms with Crippen molar-refractivity contribution in [3.8, 4) is 0 Å². The van der Waals surface area contributed by atoms with Crippen LogP contribution in [-0.4, -0.2) is 20.7 Å². The Bertz CT molecular complexity index is 393. The Balaban J connectivity index is 2.70. The fraction of sp³-hybridized carbons (Fsp3) is 0.286. The first-order chi connectivity index (χ1) is 5.86. The van der Waals surface area contributed by atoms with Crippen LogP contribution in [0.25, 0.3) is 4.96 Å². The zero-order chi connectivity index (χ0) is 8.55. The molecule has 0 aromatic carbocycles. The van der Waals surface area contributed by atoms with Crippen LogP contribution in [-0.2, 0) is 6.61 Å². The summed E-state index contributed by atoms with van der Waals surface area (Å²) >= 11 is 3.19. The first-order valence-electron chi connectivity index (χ1n) is 3.46. The third-order valence-electron chi connectivity index (χ3n) is 1.63. The molecule has 0 fully saturated rings. The lowest BCUT2D eigenvalue weighted by molar-refractivity contribution is 0.274. The lowest BCUT2D eigenvalue weighted by atomic mass is 10.5. The van der Waals surface area contributed by atoms with E-state index >= 15 is 0 Å². The number of fused-ring (bicyclic) bond motifs is 1. The average Bonchev–Trinajstić information content (AvgIpc) is 2.61. The largest absolute Gasteiger partial charge is 0.390 e. The van der Waals surface area contributed by atoms with Crippen molar-refractivity contribution in [1.29, 1.82) is 0 Å². The van der Waals surface area contributed by atoms with Gasteiger partial charge >= 0.3 is 0 Å². The molecule has 0 atom stereocenters. The second-order valence-corrected chi connectivity index (χ2v) is 3.95. The van der Waals surface area contributed by atoms with Gasteiger partial charge in [0.05, 0.1) is 12.3 Å².